The van der Waals surface area contributed by atoms with E-state index in [0.29, 0.717) is 5.56 Å². The Morgan fingerprint density at radius 3 is 2.19 bits per heavy atom. The van der Waals surface area contributed by atoms with Gasteiger partial charge < -0.3 is 49.6 Å². The minimum Gasteiger partial charge on any atom is -0.508 e. The van der Waals surface area contributed by atoms with Crippen molar-refractivity contribution in [1.82, 2.24) is 0 Å². The van der Waals surface area contributed by atoms with E-state index in [1.165, 1.54) is 24.3 Å². The van der Waals surface area contributed by atoms with Crippen molar-refractivity contribution >= 4 is 11.0 Å². The van der Waals surface area contributed by atoms with Gasteiger partial charge in [-0.25, -0.2) is 0 Å². The van der Waals surface area contributed by atoms with Crippen molar-refractivity contribution in [1.29, 1.82) is 0 Å². The fourth-order valence-corrected chi connectivity index (χ4v) is 3.18. The van der Waals surface area contributed by atoms with Gasteiger partial charge in [0.05, 0.1) is 0 Å². The zero-order chi connectivity index (χ0) is 22.4. The average molecular weight is 434 g/mol. The topological polar surface area (TPSA) is 190 Å². The lowest BCUT2D eigenvalue weighted by Crippen LogP contribution is -2.59. The zero-order valence-corrected chi connectivity index (χ0v) is 15.6. The van der Waals surface area contributed by atoms with E-state index in [4.69, 9.17) is 13.9 Å². The molecule has 31 heavy (non-hydrogen) atoms. The Balaban J connectivity index is 1.77. The van der Waals surface area contributed by atoms with Crippen LogP contribution in [0.3, 0.4) is 0 Å². The van der Waals surface area contributed by atoms with Crippen LogP contribution in [0.4, 0.5) is 0 Å². The van der Waals surface area contributed by atoms with E-state index in [1.54, 1.807) is 0 Å². The van der Waals surface area contributed by atoms with Crippen LogP contribution in [-0.2, 0) is 4.74 Å². The molecule has 1 aromatic heterocycles. The number of hydrogen-bond acceptors (Lipinski definition) is 11. The molecule has 0 radical (unpaired) electrons. The highest BCUT2D eigenvalue weighted by molar-refractivity contribution is 5.89. The molecule has 0 unspecified atom stereocenters. The smallest absolute Gasteiger partial charge is 0.231 e. The zero-order valence-electron chi connectivity index (χ0n) is 15.6. The number of benzene rings is 2. The van der Waals surface area contributed by atoms with E-state index in [2.05, 4.69) is 0 Å². The van der Waals surface area contributed by atoms with E-state index in [1.807, 2.05) is 0 Å². The molecule has 11 heteroatoms. The minimum absolute atomic E-state index is 0.00525. The van der Waals surface area contributed by atoms with Crippen LogP contribution in [0.1, 0.15) is 0 Å². The van der Waals surface area contributed by atoms with Gasteiger partial charge in [-0.05, 0) is 24.3 Å². The van der Waals surface area contributed by atoms with Crippen molar-refractivity contribution in [2.45, 2.75) is 30.9 Å². The predicted molar refractivity (Wildman–Crippen MR) is 102 cm³/mol. The summed E-state index contributed by atoms with van der Waals surface area (Å²) in [6.07, 6.45) is -9.05. The maximum Gasteiger partial charge on any atom is 0.231 e. The van der Waals surface area contributed by atoms with Crippen molar-refractivity contribution in [2.75, 3.05) is 0 Å². The summed E-state index contributed by atoms with van der Waals surface area (Å²) in [6.45, 7) is 0. The summed E-state index contributed by atoms with van der Waals surface area (Å²) in [5.74, 6) is -2.12. The molecule has 0 aliphatic carbocycles. The number of phenolic OH excluding ortho intramolecular Hbond substituents is 3. The Morgan fingerprint density at radius 1 is 0.839 bits per heavy atom. The number of fused-ring (bicyclic) bond motifs is 1. The lowest BCUT2D eigenvalue weighted by atomic mass is 10.0. The lowest BCUT2D eigenvalue weighted by molar-refractivity contribution is -0.321. The van der Waals surface area contributed by atoms with Crippen molar-refractivity contribution in [2.24, 2.45) is 0 Å². The minimum atomic E-state index is -1.89. The molecule has 4 rings (SSSR count). The molecule has 7 N–H and O–H groups in total. The number of aliphatic hydroxyl groups is 4. The Labute approximate surface area is 173 Å². The van der Waals surface area contributed by atoms with Gasteiger partial charge in [-0.2, -0.15) is 0 Å². The summed E-state index contributed by atoms with van der Waals surface area (Å²) in [7, 11) is 0. The van der Waals surface area contributed by atoms with Crippen molar-refractivity contribution in [3.8, 4) is 34.3 Å². The number of rotatable bonds is 3. The normalized spacial score (nSPS) is 26.1. The first-order valence-electron chi connectivity index (χ1n) is 9.04. The van der Waals surface area contributed by atoms with Crippen LogP contribution in [0, 0.1) is 0 Å². The molecule has 0 bridgehead atoms. The van der Waals surface area contributed by atoms with E-state index < -0.39 is 53.6 Å². The molecule has 0 amide bonds. The molecule has 2 heterocycles. The number of aliphatic hydroxyl groups excluding tert-OH is 4. The van der Waals surface area contributed by atoms with Crippen LogP contribution < -0.4 is 10.2 Å². The second-order valence-electron chi connectivity index (χ2n) is 6.95. The molecule has 164 valence electrons. The Morgan fingerprint density at radius 2 is 1.52 bits per heavy atom. The van der Waals surface area contributed by atoms with Gasteiger partial charge in [0, 0.05) is 17.7 Å². The SMILES string of the molecule is O=c1cc(-c2ccc(O)cc2)oc2cc(O[C@@H]3O[C@@H](O)[C@H](O)[C@H](O)[C@@H]3O)c(O)c(O)c12. The van der Waals surface area contributed by atoms with Crippen molar-refractivity contribution < 1.29 is 49.6 Å². The monoisotopic (exact) mass is 434 g/mol. The highest BCUT2D eigenvalue weighted by atomic mass is 16.7. The standard InChI is InChI=1S/C20H18O11/c21-8-3-1-7(2-4-8)10-5-9(22)13-11(29-10)6-12(14(23)15(13)24)30-20-18(27)16(25)17(26)19(28)31-20/h1-6,16-21,23-28H/t16-,17+,18-,19+,20+/m0/s1. The highest BCUT2D eigenvalue weighted by Gasteiger charge is 2.44. The Hall–Kier alpha value is -3.35. The van der Waals surface area contributed by atoms with E-state index in [9.17, 15) is 40.5 Å². The maximum absolute atomic E-state index is 12.5. The van der Waals surface area contributed by atoms with E-state index >= 15 is 0 Å². The summed E-state index contributed by atoms with van der Waals surface area (Å²) in [5, 5.41) is 68.5. The Kier molecular flexibility index (Phi) is 5.21. The molecular weight excluding hydrogens is 416 g/mol. The quantitative estimate of drug-likeness (QED) is 0.268. The molecule has 0 spiro atoms. The summed E-state index contributed by atoms with van der Waals surface area (Å²) >= 11 is 0. The Bertz CT molecular complexity index is 1170. The van der Waals surface area contributed by atoms with Crippen LogP contribution >= 0.6 is 0 Å². The van der Waals surface area contributed by atoms with Gasteiger partial charge in [0.1, 0.15) is 40.8 Å². The first kappa shape index (κ1) is 20.9. The van der Waals surface area contributed by atoms with Gasteiger partial charge in [-0.15, -0.1) is 0 Å². The first-order chi connectivity index (χ1) is 14.7. The fraction of sp³-hybridized carbons (Fsp3) is 0.250. The number of ether oxygens (including phenoxy) is 2. The summed E-state index contributed by atoms with van der Waals surface area (Å²) in [6, 6.07) is 7.91. The second kappa shape index (κ2) is 7.72. The average Bonchev–Trinajstić information content (AvgIpc) is 2.74. The van der Waals surface area contributed by atoms with Crippen LogP contribution in [0.15, 0.2) is 45.6 Å². The molecule has 11 nitrogen and oxygen atoms in total. The van der Waals surface area contributed by atoms with Gasteiger partial charge in [0.2, 0.25) is 12.0 Å². The van der Waals surface area contributed by atoms with Gasteiger partial charge >= 0.3 is 0 Å². The van der Waals surface area contributed by atoms with Crippen LogP contribution in [0.5, 0.6) is 23.0 Å². The van der Waals surface area contributed by atoms with Crippen molar-refractivity contribution in [3.63, 3.8) is 0 Å². The van der Waals surface area contributed by atoms with Gasteiger partial charge in [-0.1, -0.05) is 0 Å². The number of aromatic hydroxyl groups is 3. The highest BCUT2D eigenvalue weighted by Crippen LogP contribution is 2.42. The largest absolute Gasteiger partial charge is 0.508 e. The summed E-state index contributed by atoms with van der Waals surface area (Å²) in [4.78, 5) is 12.5. The van der Waals surface area contributed by atoms with Gasteiger partial charge in [0.15, 0.2) is 23.2 Å². The maximum atomic E-state index is 12.5. The third-order valence-electron chi connectivity index (χ3n) is 4.87. The number of hydrogen-bond donors (Lipinski definition) is 7. The summed E-state index contributed by atoms with van der Waals surface area (Å²) < 4.78 is 15.8. The lowest BCUT2D eigenvalue weighted by Gasteiger charge is -2.37. The van der Waals surface area contributed by atoms with E-state index in [-0.39, 0.29) is 22.5 Å². The molecule has 1 fully saturated rings. The predicted octanol–water partition coefficient (Wildman–Crippen LogP) is -0.287. The molecule has 1 aliphatic rings. The molecule has 0 saturated carbocycles. The first-order valence-corrected chi connectivity index (χ1v) is 9.04. The fourth-order valence-electron chi connectivity index (χ4n) is 3.18. The van der Waals surface area contributed by atoms with Crippen LogP contribution in [0.25, 0.3) is 22.3 Å². The molecule has 1 aliphatic heterocycles. The van der Waals surface area contributed by atoms with Crippen molar-refractivity contribution in [3.05, 3.63) is 46.6 Å². The molecule has 5 atom stereocenters. The van der Waals surface area contributed by atoms with Crippen LogP contribution in [-0.4, -0.2) is 66.6 Å². The summed E-state index contributed by atoms with van der Waals surface area (Å²) in [5.41, 5.74) is -0.419. The van der Waals surface area contributed by atoms with Crippen LogP contribution in [0.2, 0.25) is 0 Å². The molecule has 3 aromatic rings. The number of phenols is 3. The molecular formula is C20H18O11. The molecule has 2 aromatic carbocycles. The third kappa shape index (κ3) is 3.65. The van der Waals surface area contributed by atoms with Gasteiger partial charge in [0.25, 0.3) is 0 Å². The van der Waals surface area contributed by atoms with Gasteiger partial charge in [-0.3, -0.25) is 4.79 Å². The van der Waals surface area contributed by atoms with E-state index in [0.717, 1.165) is 12.1 Å². The third-order valence-corrected chi connectivity index (χ3v) is 4.87. The second-order valence-corrected chi connectivity index (χ2v) is 6.95. The molecule has 1 saturated heterocycles.